The number of amides is 4. The van der Waals surface area contributed by atoms with E-state index in [0.717, 1.165) is 40.3 Å². The second-order valence-corrected chi connectivity index (χ2v) is 10.5. The van der Waals surface area contributed by atoms with E-state index in [0.29, 0.717) is 29.5 Å². The van der Waals surface area contributed by atoms with E-state index in [1.807, 2.05) is 57.2 Å². The van der Waals surface area contributed by atoms with E-state index in [2.05, 4.69) is 16.0 Å². The molecule has 1 aromatic carbocycles. The summed E-state index contributed by atoms with van der Waals surface area (Å²) in [5, 5.41) is 8.71. The van der Waals surface area contributed by atoms with Crippen molar-refractivity contribution in [1.29, 1.82) is 0 Å². The minimum Gasteiger partial charge on any atom is -0.426 e. The average Bonchev–Trinajstić information content (AvgIpc) is 3.72. The van der Waals surface area contributed by atoms with Crippen molar-refractivity contribution in [2.75, 3.05) is 18.7 Å². The molecule has 222 valence electrons. The maximum absolute atomic E-state index is 13.6. The molecule has 3 aliphatic carbocycles. The molecule has 3 aliphatic rings. The first-order chi connectivity index (χ1) is 20.1. The lowest BCUT2D eigenvalue weighted by Crippen LogP contribution is -2.40. The smallest absolute Gasteiger partial charge is 0.419 e. The zero-order valence-corrected chi connectivity index (χ0v) is 24.2. The van der Waals surface area contributed by atoms with Gasteiger partial charge in [0, 0.05) is 41.0 Å². The Labute approximate surface area is 244 Å². The number of rotatable bonds is 12. The summed E-state index contributed by atoms with van der Waals surface area (Å²) < 4.78 is 9.92. The predicted octanol–water partition coefficient (Wildman–Crippen LogP) is 3.64. The van der Waals surface area contributed by atoms with Crippen molar-refractivity contribution in [2.45, 2.75) is 59.0 Å². The number of benzene rings is 1. The Balaban J connectivity index is 1.48. The normalized spacial score (nSPS) is 17.8. The van der Waals surface area contributed by atoms with Gasteiger partial charge in [0.25, 0.3) is 11.8 Å². The second kappa shape index (κ2) is 13.3. The van der Waals surface area contributed by atoms with Crippen LogP contribution in [0.2, 0.25) is 0 Å². The molecule has 2 atom stereocenters. The molecule has 1 saturated carbocycles. The van der Waals surface area contributed by atoms with Crippen LogP contribution in [0.4, 0.5) is 10.5 Å². The van der Waals surface area contributed by atoms with Gasteiger partial charge >= 0.3 is 12.1 Å². The summed E-state index contributed by atoms with van der Waals surface area (Å²) in [4.78, 5) is 62.4. The van der Waals surface area contributed by atoms with E-state index in [1.165, 1.54) is 6.92 Å². The Hall–Kier alpha value is -4.67. The van der Waals surface area contributed by atoms with Gasteiger partial charge in [-0.3, -0.25) is 14.4 Å². The van der Waals surface area contributed by atoms with Crippen LogP contribution >= 0.6 is 0 Å². The number of carbonyl (C=O) groups is 5. The van der Waals surface area contributed by atoms with E-state index in [9.17, 15) is 24.0 Å². The Bertz CT molecular complexity index is 1400. The molecule has 42 heavy (non-hydrogen) atoms. The number of aryl methyl sites for hydroxylation is 1. The van der Waals surface area contributed by atoms with Crippen LogP contribution in [0.5, 0.6) is 0 Å². The van der Waals surface area contributed by atoms with Crippen LogP contribution in [0.25, 0.3) is 0 Å². The number of nitrogens with one attached hydrogen (secondary N) is 3. The molecule has 1 aromatic rings. The van der Waals surface area contributed by atoms with E-state index >= 15 is 0 Å². The molecule has 0 heterocycles. The minimum atomic E-state index is -0.944. The third-order valence-electron chi connectivity index (χ3n) is 7.24. The summed E-state index contributed by atoms with van der Waals surface area (Å²) in [5.74, 6) is -1.60. The van der Waals surface area contributed by atoms with Crippen molar-refractivity contribution in [3.05, 3.63) is 76.0 Å². The highest BCUT2D eigenvalue weighted by molar-refractivity contribution is 6.06. The fraction of sp³-hybridized carbons (Fsp3) is 0.387. The van der Waals surface area contributed by atoms with Gasteiger partial charge in [-0.15, -0.1) is 0 Å². The summed E-state index contributed by atoms with van der Waals surface area (Å²) in [6.07, 6.45) is 9.52. The van der Waals surface area contributed by atoms with Crippen LogP contribution in [0.1, 0.15) is 56.0 Å². The number of allylic oxidation sites excluding steroid dienone is 5. The van der Waals surface area contributed by atoms with Gasteiger partial charge in [0.15, 0.2) is 0 Å². The quantitative estimate of drug-likeness (QED) is 0.194. The number of esters is 1. The number of anilines is 1. The zero-order chi connectivity index (χ0) is 30.4. The van der Waals surface area contributed by atoms with E-state index in [4.69, 9.17) is 9.47 Å². The molecule has 2 unspecified atom stereocenters. The molecule has 0 aliphatic heterocycles. The molecule has 3 N–H and O–H groups in total. The van der Waals surface area contributed by atoms with E-state index in [1.54, 1.807) is 6.07 Å². The highest BCUT2D eigenvalue weighted by atomic mass is 16.7. The predicted molar refractivity (Wildman–Crippen MR) is 155 cm³/mol. The largest absolute Gasteiger partial charge is 0.426 e. The summed E-state index contributed by atoms with van der Waals surface area (Å²) in [7, 11) is 0. The minimum absolute atomic E-state index is 0.102. The highest BCUT2D eigenvalue weighted by Crippen LogP contribution is 2.40. The second-order valence-electron chi connectivity index (χ2n) is 10.5. The molecule has 0 spiro atoms. The SMILES string of the molecule is CCCN(C(=O)OCOC(=O)C(C)NC=O)C(=O)C1=CC2C=CC=C(Nc3cc(C(=O)NC4CC4)ccc3C)C2=C1C. The van der Waals surface area contributed by atoms with Crippen molar-refractivity contribution in [3.8, 4) is 0 Å². The van der Waals surface area contributed by atoms with Crippen molar-refractivity contribution >= 4 is 36.0 Å². The molecule has 4 amide bonds. The van der Waals surface area contributed by atoms with Gasteiger partial charge in [0.05, 0.1) is 0 Å². The standard InChI is InChI=1S/C31H36N4O7/c1-5-13-35(31(40)42-17-41-30(39)20(4)32-16-36)29(38)24-14-21-7-6-8-25(27(21)19(24)3)34-26-15-22(10-9-18(26)2)28(37)33-23-11-12-23/h6-10,14-16,20-21,23,34H,5,11-13,17H2,1-4H3,(H,32,36)(H,33,37). The molecule has 0 radical (unpaired) electrons. The van der Waals surface area contributed by atoms with Crippen LogP contribution in [0.3, 0.4) is 0 Å². The van der Waals surface area contributed by atoms with Crippen molar-refractivity contribution in [1.82, 2.24) is 15.5 Å². The van der Waals surface area contributed by atoms with Crippen molar-refractivity contribution in [3.63, 3.8) is 0 Å². The lowest BCUT2D eigenvalue weighted by Gasteiger charge is -2.22. The molecule has 4 rings (SSSR count). The molecule has 0 bridgehead atoms. The number of imide groups is 1. The number of carbonyl (C=O) groups excluding carboxylic acids is 5. The Morgan fingerprint density at radius 3 is 2.60 bits per heavy atom. The van der Waals surface area contributed by atoms with Crippen LogP contribution in [-0.2, 0) is 23.9 Å². The van der Waals surface area contributed by atoms with Gasteiger partial charge in [-0.2, -0.15) is 0 Å². The van der Waals surface area contributed by atoms with Crippen LogP contribution in [0.15, 0.2) is 64.9 Å². The molecular formula is C31H36N4O7. The first-order valence-corrected chi connectivity index (χ1v) is 14.0. The molecule has 1 fully saturated rings. The number of ether oxygens (including phenoxy) is 2. The fourth-order valence-corrected chi connectivity index (χ4v) is 4.71. The van der Waals surface area contributed by atoms with Crippen LogP contribution in [-0.4, -0.2) is 60.6 Å². The van der Waals surface area contributed by atoms with Gasteiger partial charge < -0.3 is 25.4 Å². The van der Waals surface area contributed by atoms with Crippen molar-refractivity contribution in [2.24, 2.45) is 5.92 Å². The van der Waals surface area contributed by atoms with Gasteiger partial charge in [-0.25, -0.2) is 14.5 Å². The summed E-state index contributed by atoms with van der Waals surface area (Å²) >= 11 is 0. The van der Waals surface area contributed by atoms with Crippen LogP contribution < -0.4 is 16.0 Å². The summed E-state index contributed by atoms with van der Waals surface area (Å²) in [6.45, 7) is 6.43. The topological polar surface area (TPSA) is 143 Å². The molecule has 11 heteroatoms. The first-order valence-electron chi connectivity index (χ1n) is 14.0. The monoisotopic (exact) mass is 576 g/mol. The number of fused-ring (bicyclic) bond motifs is 1. The van der Waals surface area contributed by atoms with Gasteiger partial charge in [-0.1, -0.05) is 31.2 Å². The van der Waals surface area contributed by atoms with Crippen LogP contribution in [0, 0.1) is 12.8 Å². The van der Waals surface area contributed by atoms with E-state index in [-0.39, 0.29) is 24.4 Å². The van der Waals surface area contributed by atoms with Gasteiger partial charge in [-0.05, 0) is 75.0 Å². The average molecular weight is 577 g/mol. The number of hydrogen-bond donors (Lipinski definition) is 3. The van der Waals surface area contributed by atoms with E-state index < -0.39 is 30.8 Å². The summed E-state index contributed by atoms with van der Waals surface area (Å²) in [6, 6.07) is 4.87. The maximum atomic E-state index is 13.6. The van der Waals surface area contributed by atoms with Gasteiger partial charge in [0.1, 0.15) is 6.04 Å². The fourth-order valence-electron chi connectivity index (χ4n) is 4.71. The highest BCUT2D eigenvalue weighted by Gasteiger charge is 2.34. The van der Waals surface area contributed by atoms with Gasteiger partial charge in [0.2, 0.25) is 13.2 Å². The molecule has 11 nitrogen and oxygen atoms in total. The molecule has 0 saturated heterocycles. The maximum Gasteiger partial charge on any atom is 0.419 e. The third kappa shape index (κ3) is 6.96. The Kier molecular flexibility index (Phi) is 9.61. The summed E-state index contributed by atoms with van der Waals surface area (Å²) in [5.41, 5.74) is 5.07. The molecular weight excluding hydrogens is 540 g/mol. The van der Waals surface area contributed by atoms with Crippen molar-refractivity contribution < 1.29 is 33.4 Å². The first kappa shape index (κ1) is 30.3. The lowest BCUT2D eigenvalue weighted by atomic mass is 9.92. The Morgan fingerprint density at radius 2 is 1.90 bits per heavy atom. The Morgan fingerprint density at radius 1 is 1.14 bits per heavy atom. The zero-order valence-electron chi connectivity index (χ0n) is 24.2. The number of nitrogens with zero attached hydrogens (tertiary/aromatic N) is 1. The number of hydrogen-bond acceptors (Lipinski definition) is 8. The third-order valence-corrected chi connectivity index (χ3v) is 7.24. The molecule has 0 aromatic heterocycles. The lowest BCUT2D eigenvalue weighted by molar-refractivity contribution is -0.155.